The standard InChI is InChI=1S/C14H22BrNO3S/c1-2-19-11-4-3-9-16-10-12-20(17,18)14-7-5-13(15)6-8-14/h5-8,16H,2-4,9-12H2,1H3. The molecule has 0 amide bonds. The van der Waals surface area contributed by atoms with Crippen molar-refractivity contribution in [2.75, 3.05) is 32.1 Å². The zero-order valence-electron chi connectivity index (χ0n) is 11.8. The second kappa shape index (κ2) is 9.50. The first-order valence-electron chi connectivity index (χ1n) is 6.83. The lowest BCUT2D eigenvalue weighted by atomic mass is 10.3. The SMILES string of the molecule is CCOCCCCNCCS(=O)(=O)c1ccc(Br)cc1. The normalized spacial score (nSPS) is 11.7. The molecular formula is C14H22BrNO3S. The van der Waals surface area contributed by atoms with Crippen molar-refractivity contribution in [2.24, 2.45) is 0 Å². The second-order valence-corrected chi connectivity index (χ2v) is 7.45. The lowest BCUT2D eigenvalue weighted by molar-refractivity contribution is 0.143. The fraction of sp³-hybridized carbons (Fsp3) is 0.571. The van der Waals surface area contributed by atoms with Crippen LogP contribution in [0, 0.1) is 0 Å². The molecule has 0 atom stereocenters. The highest BCUT2D eigenvalue weighted by molar-refractivity contribution is 9.10. The van der Waals surface area contributed by atoms with Crippen LogP contribution in [-0.4, -0.2) is 40.5 Å². The maximum Gasteiger partial charge on any atom is 0.179 e. The summed E-state index contributed by atoms with van der Waals surface area (Å²) in [6.45, 7) is 4.80. The molecule has 0 aliphatic heterocycles. The summed E-state index contributed by atoms with van der Waals surface area (Å²) in [5, 5.41) is 3.16. The van der Waals surface area contributed by atoms with Crippen molar-refractivity contribution in [3.63, 3.8) is 0 Å². The lowest BCUT2D eigenvalue weighted by Crippen LogP contribution is -2.24. The summed E-state index contributed by atoms with van der Waals surface area (Å²) >= 11 is 3.29. The van der Waals surface area contributed by atoms with Crippen molar-refractivity contribution in [1.29, 1.82) is 0 Å². The van der Waals surface area contributed by atoms with Gasteiger partial charge in [-0.2, -0.15) is 0 Å². The summed E-state index contributed by atoms with van der Waals surface area (Å²) in [4.78, 5) is 0.374. The first-order valence-corrected chi connectivity index (χ1v) is 9.27. The molecule has 0 spiro atoms. The van der Waals surface area contributed by atoms with Crippen LogP contribution in [0.1, 0.15) is 19.8 Å². The molecule has 1 rings (SSSR count). The van der Waals surface area contributed by atoms with Crippen LogP contribution in [-0.2, 0) is 14.6 Å². The van der Waals surface area contributed by atoms with Gasteiger partial charge in [0, 0.05) is 24.2 Å². The van der Waals surface area contributed by atoms with Crippen LogP contribution < -0.4 is 5.32 Å². The third-order valence-electron chi connectivity index (χ3n) is 2.82. The molecule has 0 heterocycles. The maximum absolute atomic E-state index is 12.0. The Morgan fingerprint density at radius 2 is 1.85 bits per heavy atom. The number of unbranched alkanes of at least 4 members (excludes halogenated alkanes) is 1. The summed E-state index contributed by atoms with van der Waals surface area (Å²) in [6, 6.07) is 6.74. The highest BCUT2D eigenvalue weighted by Crippen LogP contribution is 2.15. The van der Waals surface area contributed by atoms with Gasteiger partial charge in [-0.3, -0.25) is 0 Å². The number of sulfone groups is 1. The number of hydrogen-bond acceptors (Lipinski definition) is 4. The number of nitrogens with one attached hydrogen (secondary N) is 1. The Balaban J connectivity index is 2.22. The van der Waals surface area contributed by atoms with Gasteiger partial charge in [-0.1, -0.05) is 15.9 Å². The van der Waals surface area contributed by atoms with Gasteiger partial charge in [-0.25, -0.2) is 8.42 Å². The predicted molar refractivity (Wildman–Crippen MR) is 84.8 cm³/mol. The number of halogens is 1. The van der Waals surface area contributed by atoms with Crippen LogP contribution in [0.15, 0.2) is 33.6 Å². The molecule has 0 aliphatic rings. The fourth-order valence-electron chi connectivity index (χ4n) is 1.69. The van der Waals surface area contributed by atoms with E-state index in [0.717, 1.165) is 37.1 Å². The van der Waals surface area contributed by atoms with E-state index < -0.39 is 9.84 Å². The van der Waals surface area contributed by atoms with E-state index >= 15 is 0 Å². The van der Waals surface area contributed by atoms with Gasteiger partial charge in [0.2, 0.25) is 0 Å². The van der Waals surface area contributed by atoms with Crippen LogP contribution in [0.5, 0.6) is 0 Å². The van der Waals surface area contributed by atoms with Crippen molar-refractivity contribution < 1.29 is 13.2 Å². The van der Waals surface area contributed by atoms with Gasteiger partial charge in [0.05, 0.1) is 10.6 Å². The van der Waals surface area contributed by atoms with Gasteiger partial charge in [0.25, 0.3) is 0 Å². The molecule has 0 aliphatic carbocycles. The minimum absolute atomic E-state index is 0.125. The predicted octanol–water partition coefficient (Wildman–Crippen LogP) is 2.63. The summed E-state index contributed by atoms with van der Waals surface area (Å²) in [5.74, 6) is 0.125. The Kier molecular flexibility index (Phi) is 8.37. The molecule has 0 unspecified atom stereocenters. The largest absolute Gasteiger partial charge is 0.382 e. The number of hydrogen-bond donors (Lipinski definition) is 1. The first-order chi connectivity index (χ1) is 9.56. The molecule has 0 fully saturated rings. The van der Waals surface area contributed by atoms with Crippen LogP contribution >= 0.6 is 15.9 Å². The molecule has 0 radical (unpaired) electrons. The van der Waals surface area contributed by atoms with Gasteiger partial charge in [-0.15, -0.1) is 0 Å². The Bertz CT molecular complexity index is 474. The molecule has 1 aromatic rings. The van der Waals surface area contributed by atoms with Gasteiger partial charge < -0.3 is 10.1 Å². The Hall–Kier alpha value is -0.430. The minimum Gasteiger partial charge on any atom is -0.382 e. The molecule has 1 N–H and O–H groups in total. The molecular weight excluding hydrogens is 342 g/mol. The topological polar surface area (TPSA) is 55.4 Å². The van der Waals surface area contributed by atoms with Crippen LogP contribution in [0.3, 0.4) is 0 Å². The highest BCUT2D eigenvalue weighted by atomic mass is 79.9. The fourth-order valence-corrected chi connectivity index (χ4v) is 3.15. The summed E-state index contributed by atoms with van der Waals surface area (Å²) in [7, 11) is -3.19. The molecule has 0 bridgehead atoms. The Morgan fingerprint density at radius 3 is 2.50 bits per heavy atom. The summed E-state index contributed by atoms with van der Waals surface area (Å²) in [5.41, 5.74) is 0. The van der Waals surface area contributed by atoms with E-state index in [-0.39, 0.29) is 5.75 Å². The monoisotopic (exact) mass is 363 g/mol. The van der Waals surface area contributed by atoms with Gasteiger partial charge >= 0.3 is 0 Å². The van der Waals surface area contributed by atoms with Gasteiger partial charge in [0.15, 0.2) is 9.84 Å². The van der Waals surface area contributed by atoms with E-state index in [9.17, 15) is 8.42 Å². The Morgan fingerprint density at radius 1 is 1.15 bits per heavy atom. The Labute approximate surface area is 130 Å². The molecule has 1 aromatic carbocycles. The van der Waals surface area contributed by atoms with Crippen molar-refractivity contribution in [3.8, 4) is 0 Å². The quantitative estimate of drug-likeness (QED) is 0.649. The molecule has 4 nitrogen and oxygen atoms in total. The van der Waals surface area contributed by atoms with Gasteiger partial charge in [-0.05, 0) is 50.6 Å². The number of ether oxygens (including phenoxy) is 1. The maximum atomic E-state index is 12.0. The molecule has 114 valence electrons. The van der Waals surface area contributed by atoms with Crippen molar-refractivity contribution in [3.05, 3.63) is 28.7 Å². The zero-order valence-corrected chi connectivity index (χ0v) is 14.2. The van der Waals surface area contributed by atoms with Crippen LogP contribution in [0.4, 0.5) is 0 Å². The number of benzene rings is 1. The highest BCUT2D eigenvalue weighted by Gasteiger charge is 2.13. The third-order valence-corrected chi connectivity index (χ3v) is 5.08. The van der Waals surface area contributed by atoms with Gasteiger partial charge in [0.1, 0.15) is 0 Å². The molecule has 0 saturated carbocycles. The van der Waals surface area contributed by atoms with E-state index in [4.69, 9.17) is 4.74 Å². The molecule has 0 aromatic heterocycles. The lowest BCUT2D eigenvalue weighted by Gasteiger charge is -2.07. The summed E-state index contributed by atoms with van der Waals surface area (Å²) in [6.07, 6.45) is 2.00. The zero-order chi connectivity index (χ0) is 14.8. The van der Waals surface area contributed by atoms with E-state index in [2.05, 4.69) is 21.2 Å². The number of rotatable bonds is 10. The van der Waals surface area contributed by atoms with E-state index in [0.29, 0.717) is 11.4 Å². The van der Waals surface area contributed by atoms with Crippen molar-refractivity contribution in [2.45, 2.75) is 24.7 Å². The minimum atomic E-state index is -3.19. The van der Waals surface area contributed by atoms with E-state index in [1.54, 1.807) is 24.3 Å². The smallest absolute Gasteiger partial charge is 0.179 e. The van der Waals surface area contributed by atoms with E-state index in [1.807, 2.05) is 6.92 Å². The molecule has 20 heavy (non-hydrogen) atoms. The van der Waals surface area contributed by atoms with E-state index in [1.165, 1.54) is 0 Å². The van der Waals surface area contributed by atoms with Crippen LogP contribution in [0.25, 0.3) is 0 Å². The molecule has 0 saturated heterocycles. The first kappa shape index (κ1) is 17.6. The summed E-state index contributed by atoms with van der Waals surface area (Å²) < 4.78 is 30.2. The average Bonchev–Trinajstić information content (AvgIpc) is 2.42. The van der Waals surface area contributed by atoms with Crippen molar-refractivity contribution >= 4 is 25.8 Å². The van der Waals surface area contributed by atoms with Crippen LogP contribution in [0.2, 0.25) is 0 Å². The second-order valence-electron chi connectivity index (χ2n) is 4.43. The average molecular weight is 364 g/mol. The van der Waals surface area contributed by atoms with Crippen molar-refractivity contribution in [1.82, 2.24) is 5.32 Å². The third kappa shape index (κ3) is 6.83. The molecule has 6 heteroatoms.